The summed E-state index contributed by atoms with van der Waals surface area (Å²) in [6, 6.07) is 7.82. The molecule has 2 aromatic rings. The highest BCUT2D eigenvalue weighted by atomic mass is 15.1. The number of nitrogens with two attached hydrogens (primary N) is 1. The van der Waals surface area contributed by atoms with Crippen molar-refractivity contribution in [3.63, 3.8) is 0 Å². The molecule has 1 heterocycles. The second-order valence-corrected chi connectivity index (χ2v) is 4.93. The Morgan fingerprint density at radius 1 is 1.45 bits per heavy atom. The molecule has 0 spiro atoms. The monoisotopic (exact) mass is 269 g/mol. The SMILES string of the molecule is Cc1cc(C#N)ccc1-c1n[nH]cc1CN(C)CCN. The first kappa shape index (κ1) is 14.3. The van der Waals surface area contributed by atoms with Crippen molar-refractivity contribution in [2.45, 2.75) is 13.5 Å². The second kappa shape index (κ2) is 6.33. The van der Waals surface area contributed by atoms with E-state index in [1.54, 1.807) is 0 Å². The lowest BCUT2D eigenvalue weighted by Gasteiger charge is -2.15. The van der Waals surface area contributed by atoms with Crippen molar-refractivity contribution in [2.24, 2.45) is 5.73 Å². The van der Waals surface area contributed by atoms with Gasteiger partial charge in [0, 0.05) is 37.0 Å². The van der Waals surface area contributed by atoms with Crippen LogP contribution in [0, 0.1) is 18.3 Å². The average molecular weight is 269 g/mol. The van der Waals surface area contributed by atoms with Gasteiger partial charge in [-0.05, 0) is 31.7 Å². The fourth-order valence-electron chi connectivity index (χ4n) is 2.26. The Hall–Kier alpha value is -2.16. The molecular weight excluding hydrogens is 250 g/mol. The number of aryl methyl sites for hydroxylation is 1. The molecule has 20 heavy (non-hydrogen) atoms. The molecule has 3 N–H and O–H groups in total. The van der Waals surface area contributed by atoms with E-state index >= 15 is 0 Å². The molecule has 0 radical (unpaired) electrons. The van der Waals surface area contributed by atoms with E-state index in [1.165, 1.54) is 0 Å². The van der Waals surface area contributed by atoms with Crippen molar-refractivity contribution in [2.75, 3.05) is 20.1 Å². The van der Waals surface area contributed by atoms with Crippen molar-refractivity contribution in [3.05, 3.63) is 41.1 Å². The van der Waals surface area contributed by atoms with Crippen molar-refractivity contribution >= 4 is 0 Å². The van der Waals surface area contributed by atoms with Crippen LogP contribution in [0.1, 0.15) is 16.7 Å². The number of hydrogen-bond donors (Lipinski definition) is 2. The van der Waals surface area contributed by atoms with E-state index in [0.717, 1.165) is 35.5 Å². The number of likely N-dealkylation sites (N-methyl/N-ethyl adjacent to an activating group) is 1. The molecule has 0 amide bonds. The molecule has 0 atom stereocenters. The minimum atomic E-state index is 0.638. The molecule has 104 valence electrons. The maximum Gasteiger partial charge on any atom is 0.0991 e. The molecule has 0 bridgehead atoms. The zero-order chi connectivity index (χ0) is 14.5. The Kier molecular flexibility index (Phi) is 4.51. The average Bonchev–Trinajstić information content (AvgIpc) is 2.86. The van der Waals surface area contributed by atoms with Gasteiger partial charge in [0.2, 0.25) is 0 Å². The van der Waals surface area contributed by atoms with E-state index in [1.807, 2.05) is 38.4 Å². The first-order chi connectivity index (χ1) is 9.65. The fraction of sp³-hybridized carbons (Fsp3) is 0.333. The molecule has 0 aliphatic heterocycles. The molecule has 0 saturated carbocycles. The molecule has 0 saturated heterocycles. The first-order valence-corrected chi connectivity index (χ1v) is 6.58. The zero-order valence-corrected chi connectivity index (χ0v) is 11.8. The van der Waals surface area contributed by atoms with Crippen molar-refractivity contribution < 1.29 is 0 Å². The predicted molar refractivity (Wildman–Crippen MR) is 78.9 cm³/mol. The third-order valence-corrected chi connectivity index (χ3v) is 3.28. The minimum absolute atomic E-state index is 0.638. The smallest absolute Gasteiger partial charge is 0.0991 e. The van der Waals surface area contributed by atoms with E-state index in [9.17, 15) is 0 Å². The van der Waals surface area contributed by atoms with Gasteiger partial charge < -0.3 is 10.6 Å². The maximum atomic E-state index is 8.93. The largest absolute Gasteiger partial charge is 0.329 e. The summed E-state index contributed by atoms with van der Waals surface area (Å²) in [7, 11) is 2.04. The molecule has 0 aliphatic rings. The molecular formula is C15H19N5. The molecule has 0 unspecified atom stereocenters. The number of aromatic amines is 1. The highest BCUT2D eigenvalue weighted by molar-refractivity contribution is 5.67. The standard InChI is InChI=1S/C15H19N5/c1-11-7-12(8-17)3-4-14(11)15-13(9-18-19-15)10-20(2)6-5-16/h3-4,7,9H,5-6,10,16H2,1-2H3,(H,18,19). The lowest BCUT2D eigenvalue weighted by molar-refractivity contribution is 0.337. The Morgan fingerprint density at radius 2 is 2.25 bits per heavy atom. The topological polar surface area (TPSA) is 81.7 Å². The van der Waals surface area contributed by atoms with Gasteiger partial charge in [-0.2, -0.15) is 10.4 Å². The number of nitriles is 1. The Balaban J connectivity index is 2.30. The van der Waals surface area contributed by atoms with E-state index in [4.69, 9.17) is 11.0 Å². The van der Waals surface area contributed by atoms with Crippen LogP contribution in [0.5, 0.6) is 0 Å². The lowest BCUT2D eigenvalue weighted by atomic mass is 10.0. The van der Waals surface area contributed by atoms with Gasteiger partial charge in [0.05, 0.1) is 17.3 Å². The van der Waals surface area contributed by atoms with Crippen LogP contribution in [-0.2, 0) is 6.54 Å². The minimum Gasteiger partial charge on any atom is -0.329 e. The van der Waals surface area contributed by atoms with E-state index in [0.29, 0.717) is 12.1 Å². The van der Waals surface area contributed by atoms with Gasteiger partial charge in [0.25, 0.3) is 0 Å². The van der Waals surface area contributed by atoms with Gasteiger partial charge >= 0.3 is 0 Å². The summed E-state index contributed by atoms with van der Waals surface area (Å²) in [6.07, 6.45) is 1.92. The van der Waals surface area contributed by atoms with Gasteiger partial charge in [-0.25, -0.2) is 0 Å². The third-order valence-electron chi connectivity index (χ3n) is 3.28. The van der Waals surface area contributed by atoms with Gasteiger partial charge in [-0.15, -0.1) is 0 Å². The molecule has 1 aromatic carbocycles. The normalized spacial score (nSPS) is 10.8. The predicted octanol–water partition coefficient (Wildman–Crippen LogP) is 1.65. The summed E-state index contributed by atoms with van der Waals surface area (Å²) < 4.78 is 0. The Labute approximate surface area is 119 Å². The van der Waals surface area contributed by atoms with Crippen molar-refractivity contribution in [1.82, 2.24) is 15.1 Å². The summed E-state index contributed by atoms with van der Waals surface area (Å²) in [4.78, 5) is 2.16. The van der Waals surface area contributed by atoms with Crippen molar-refractivity contribution in [1.29, 1.82) is 5.26 Å². The van der Waals surface area contributed by atoms with Crippen LogP contribution in [-0.4, -0.2) is 35.2 Å². The molecule has 2 rings (SSSR count). The Morgan fingerprint density at radius 3 is 2.90 bits per heavy atom. The molecule has 0 fully saturated rings. The third kappa shape index (κ3) is 3.05. The van der Waals surface area contributed by atoms with Crippen LogP contribution in [0.3, 0.4) is 0 Å². The second-order valence-electron chi connectivity index (χ2n) is 4.93. The van der Waals surface area contributed by atoms with Crippen LogP contribution in [0.15, 0.2) is 24.4 Å². The van der Waals surface area contributed by atoms with Gasteiger partial charge in [-0.3, -0.25) is 5.10 Å². The first-order valence-electron chi connectivity index (χ1n) is 6.58. The van der Waals surface area contributed by atoms with Crippen LogP contribution in [0.2, 0.25) is 0 Å². The summed E-state index contributed by atoms with van der Waals surface area (Å²) in [5, 5.41) is 16.2. The fourth-order valence-corrected chi connectivity index (χ4v) is 2.26. The molecule has 5 heteroatoms. The highest BCUT2D eigenvalue weighted by Crippen LogP contribution is 2.26. The zero-order valence-electron chi connectivity index (χ0n) is 11.8. The van der Waals surface area contributed by atoms with Crippen LogP contribution in [0.4, 0.5) is 0 Å². The van der Waals surface area contributed by atoms with Crippen LogP contribution in [0.25, 0.3) is 11.3 Å². The number of nitrogens with zero attached hydrogens (tertiary/aromatic N) is 3. The number of benzene rings is 1. The van der Waals surface area contributed by atoms with Crippen molar-refractivity contribution in [3.8, 4) is 17.3 Å². The van der Waals surface area contributed by atoms with Crippen LogP contribution < -0.4 is 5.73 Å². The van der Waals surface area contributed by atoms with E-state index in [2.05, 4.69) is 21.2 Å². The molecule has 5 nitrogen and oxygen atoms in total. The maximum absolute atomic E-state index is 8.93. The van der Waals surface area contributed by atoms with E-state index < -0.39 is 0 Å². The Bertz CT molecular complexity index is 623. The summed E-state index contributed by atoms with van der Waals surface area (Å²) in [5.74, 6) is 0. The number of nitrogens with one attached hydrogen (secondary N) is 1. The molecule has 1 aromatic heterocycles. The quantitative estimate of drug-likeness (QED) is 0.864. The lowest BCUT2D eigenvalue weighted by Crippen LogP contribution is -2.25. The van der Waals surface area contributed by atoms with Gasteiger partial charge in [0.1, 0.15) is 0 Å². The summed E-state index contributed by atoms with van der Waals surface area (Å²) >= 11 is 0. The molecule has 0 aliphatic carbocycles. The van der Waals surface area contributed by atoms with Gasteiger partial charge in [-0.1, -0.05) is 6.07 Å². The number of hydrogen-bond acceptors (Lipinski definition) is 4. The highest BCUT2D eigenvalue weighted by Gasteiger charge is 2.12. The number of H-pyrrole nitrogens is 1. The summed E-state index contributed by atoms with van der Waals surface area (Å²) in [5.41, 5.74) is 10.4. The summed E-state index contributed by atoms with van der Waals surface area (Å²) in [6.45, 7) is 4.28. The van der Waals surface area contributed by atoms with Crippen LogP contribution >= 0.6 is 0 Å². The number of rotatable bonds is 5. The van der Waals surface area contributed by atoms with Gasteiger partial charge in [0.15, 0.2) is 0 Å². The number of aromatic nitrogens is 2. The van der Waals surface area contributed by atoms with E-state index in [-0.39, 0.29) is 0 Å².